The highest BCUT2D eigenvalue weighted by Crippen LogP contribution is 2.25. The van der Waals surface area contributed by atoms with Crippen LogP contribution in [-0.2, 0) is 22.6 Å². The molecule has 5 aromatic rings. The van der Waals surface area contributed by atoms with Crippen LogP contribution in [0.25, 0.3) is 16.9 Å². The highest BCUT2D eigenvalue weighted by atomic mass is 16.5. The molecule has 1 N–H and O–H groups in total. The van der Waals surface area contributed by atoms with Crippen LogP contribution in [0.3, 0.4) is 0 Å². The Morgan fingerprint density at radius 1 is 0.923 bits per heavy atom. The number of rotatable bonds is 10. The summed E-state index contributed by atoms with van der Waals surface area (Å²) in [5.41, 5.74) is 3.27. The zero-order chi connectivity index (χ0) is 27.0. The highest BCUT2D eigenvalue weighted by Gasteiger charge is 2.21. The molecule has 0 radical (unpaired) electrons. The fourth-order valence-electron chi connectivity index (χ4n) is 4.19. The van der Waals surface area contributed by atoms with Gasteiger partial charge < -0.3 is 19.4 Å². The Kier molecular flexibility index (Phi) is 7.83. The molecule has 8 heteroatoms. The molecule has 0 unspecified atom stereocenters. The molecule has 0 saturated heterocycles. The van der Waals surface area contributed by atoms with Crippen LogP contribution < -0.4 is 10.1 Å². The third kappa shape index (κ3) is 6.42. The zero-order valence-corrected chi connectivity index (χ0v) is 21.5. The van der Waals surface area contributed by atoms with Crippen molar-refractivity contribution in [2.24, 2.45) is 0 Å². The quantitative estimate of drug-likeness (QED) is 0.268. The predicted molar refractivity (Wildman–Crippen MR) is 148 cm³/mol. The van der Waals surface area contributed by atoms with Crippen molar-refractivity contribution in [2.75, 3.05) is 19.0 Å². The van der Waals surface area contributed by atoms with Gasteiger partial charge in [-0.25, -0.2) is 4.68 Å². The number of amides is 2. The van der Waals surface area contributed by atoms with Crippen molar-refractivity contribution >= 4 is 17.6 Å². The molecule has 0 bridgehead atoms. The van der Waals surface area contributed by atoms with Gasteiger partial charge in [0, 0.05) is 11.6 Å². The number of furan rings is 1. The third-order valence-corrected chi connectivity index (χ3v) is 6.18. The van der Waals surface area contributed by atoms with Crippen LogP contribution in [0.5, 0.6) is 5.75 Å². The van der Waals surface area contributed by atoms with Crippen molar-refractivity contribution in [3.63, 3.8) is 0 Å². The minimum absolute atomic E-state index is 0.137. The van der Waals surface area contributed by atoms with E-state index in [2.05, 4.69) is 5.32 Å². The predicted octanol–water partition coefficient (Wildman–Crippen LogP) is 5.35. The van der Waals surface area contributed by atoms with E-state index >= 15 is 0 Å². The Labute approximate surface area is 226 Å². The Morgan fingerprint density at radius 3 is 2.31 bits per heavy atom. The maximum absolute atomic E-state index is 13.3. The Morgan fingerprint density at radius 2 is 1.64 bits per heavy atom. The molecule has 196 valence electrons. The van der Waals surface area contributed by atoms with E-state index in [-0.39, 0.29) is 31.3 Å². The van der Waals surface area contributed by atoms with Crippen molar-refractivity contribution in [3.8, 4) is 22.7 Å². The summed E-state index contributed by atoms with van der Waals surface area (Å²) in [6.45, 7) is 0.0128. The lowest BCUT2D eigenvalue weighted by Gasteiger charge is -2.21. The normalized spacial score (nSPS) is 10.7. The maximum atomic E-state index is 13.3. The standard InChI is InChI=1S/C31H28N4O4/c1-38-26-16-14-23(15-17-26)19-31(37)34(21-27-13-8-18-39-27)22-30(36)32-29-20-28(24-9-4-2-5-10-24)33-35(29)25-11-6-3-7-12-25/h2-18,20H,19,21-22H2,1H3,(H,32,36). The second kappa shape index (κ2) is 12.0. The molecule has 0 saturated carbocycles. The highest BCUT2D eigenvalue weighted by molar-refractivity contribution is 5.95. The maximum Gasteiger partial charge on any atom is 0.245 e. The van der Waals surface area contributed by atoms with Crippen LogP contribution >= 0.6 is 0 Å². The molecule has 5 rings (SSSR count). The van der Waals surface area contributed by atoms with Gasteiger partial charge in [0.2, 0.25) is 11.8 Å². The molecule has 0 aliphatic rings. The summed E-state index contributed by atoms with van der Waals surface area (Å²) in [6, 6.07) is 32.0. The number of methoxy groups -OCH3 is 1. The van der Waals surface area contributed by atoms with E-state index in [9.17, 15) is 9.59 Å². The number of para-hydroxylation sites is 1. The van der Waals surface area contributed by atoms with E-state index < -0.39 is 0 Å². The van der Waals surface area contributed by atoms with E-state index in [0.717, 1.165) is 22.5 Å². The molecule has 0 aliphatic heterocycles. The van der Waals surface area contributed by atoms with Crippen molar-refractivity contribution in [1.82, 2.24) is 14.7 Å². The van der Waals surface area contributed by atoms with Gasteiger partial charge in [0.15, 0.2) is 0 Å². The second-order valence-corrected chi connectivity index (χ2v) is 8.93. The number of hydrogen-bond acceptors (Lipinski definition) is 5. The smallest absolute Gasteiger partial charge is 0.245 e. The number of benzene rings is 3. The second-order valence-electron chi connectivity index (χ2n) is 8.93. The first-order valence-electron chi connectivity index (χ1n) is 12.5. The van der Waals surface area contributed by atoms with Gasteiger partial charge in [-0.3, -0.25) is 9.59 Å². The van der Waals surface area contributed by atoms with Gasteiger partial charge in [0.25, 0.3) is 0 Å². The molecule has 3 aromatic carbocycles. The number of hydrogen-bond donors (Lipinski definition) is 1. The van der Waals surface area contributed by atoms with Gasteiger partial charge in [-0.2, -0.15) is 5.10 Å². The summed E-state index contributed by atoms with van der Waals surface area (Å²) in [7, 11) is 1.59. The average molecular weight is 521 g/mol. The molecule has 0 fully saturated rings. The van der Waals surface area contributed by atoms with Gasteiger partial charge in [-0.15, -0.1) is 0 Å². The first-order valence-corrected chi connectivity index (χ1v) is 12.5. The van der Waals surface area contributed by atoms with Crippen LogP contribution in [0.1, 0.15) is 11.3 Å². The topological polar surface area (TPSA) is 89.6 Å². The number of carbonyl (C=O) groups is 2. The zero-order valence-electron chi connectivity index (χ0n) is 21.5. The van der Waals surface area contributed by atoms with E-state index in [1.165, 1.54) is 4.90 Å². The molecule has 8 nitrogen and oxygen atoms in total. The molecule has 39 heavy (non-hydrogen) atoms. The van der Waals surface area contributed by atoms with Crippen LogP contribution in [0.15, 0.2) is 114 Å². The number of nitrogens with one attached hydrogen (secondary N) is 1. The molecule has 2 amide bonds. The number of ether oxygens (including phenoxy) is 1. The first kappa shape index (κ1) is 25.5. The molecule has 0 atom stereocenters. The molecule has 2 heterocycles. The molecule has 0 aliphatic carbocycles. The van der Waals surface area contributed by atoms with Crippen LogP contribution in [0, 0.1) is 0 Å². The van der Waals surface area contributed by atoms with Crippen LogP contribution in [0.4, 0.5) is 5.82 Å². The van der Waals surface area contributed by atoms with E-state index in [1.54, 1.807) is 42.3 Å². The lowest BCUT2D eigenvalue weighted by Crippen LogP contribution is -2.38. The first-order chi connectivity index (χ1) is 19.1. The number of carbonyl (C=O) groups excluding carboxylic acids is 2. The van der Waals surface area contributed by atoms with Gasteiger partial charge in [0.05, 0.1) is 37.7 Å². The average Bonchev–Trinajstić information content (AvgIpc) is 3.64. The van der Waals surface area contributed by atoms with Crippen molar-refractivity contribution < 1.29 is 18.7 Å². The Balaban J connectivity index is 1.37. The third-order valence-electron chi connectivity index (χ3n) is 6.18. The van der Waals surface area contributed by atoms with Crippen molar-refractivity contribution in [3.05, 3.63) is 121 Å². The van der Waals surface area contributed by atoms with Crippen LogP contribution in [-0.4, -0.2) is 40.1 Å². The van der Waals surface area contributed by atoms with Crippen molar-refractivity contribution in [1.29, 1.82) is 0 Å². The molecular formula is C31H28N4O4. The summed E-state index contributed by atoms with van der Waals surface area (Å²) in [5, 5.41) is 7.71. The van der Waals surface area contributed by atoms with E-state index in [0.29, 0.717) is 17.3 Å². The van der Waals surface area contributed by atoms with E-state index in [1.807, 2.05) is 78.9 Å². The van der Waals surface area contributed by atoms with Gasteiger partial charge in [-0.1, -0.05) is 60.7 Å². The number of anilines is 1. The summed E-state index contributed by atoms with van der Waals surface area (Å²) >= 11 is 0. The lowest BCUT2D eigenvalue weighted by atomic mass is 10.1. The minimum Gasteiger partial charge on any atom is -0.497 e. The number of nitrogens with zero attached hydrogens (tertiary/aromatic N) is 3. The van der Waals surface area contributed by atoms with Crippen molar-refractivity contribution in [2.45, 2.75) is 13.0 Å². The van der Waals surface area contributed by atoms with Gasteiger partial charge in [-0.05, 0) is 42.0 Å². The Hall–Kier alpha value is -5.11. The summed E-state index contributed by atoms with van der Waals surface area (Å²) < 4.78 is 12.4. The largest absolute Gasteiger partial charge is 0.497 e. The molecule has 0 spiro atoms. The molecule has 2 aromatic heterocycles. The minimum atomic E-state index is -0.346. The lowest BCUT2D eigenvalue weighted by molar-refractivity contribution is -0.135. The SMILES string of the molecule is COc1ccc(CC(=O)N(CC(=O)Nc2cc(-c3ccccc3)nn2-c2ccccc2)Cc2ccco2)cc1. The van der Waals surface area contributed by atoms with Gasteiger partial charge in [0.1, 0.15) is 23.9 Å². The monoisotopic (exact) mass is 520 g/mol. The summed E-state index contributed by atoms with van der Waals surface area (Å²) in [5.74, 6) is 1.26. The fourth-order valence-corrected chi connectivity index (χ4v) is 4.19. The molecular weight excluding hydrogens is 492 g/mol. The fraction of sp³-hybridized carbons (Fsp3) is 0.129. The van der Waals surface area contributed by atoms with Gasteiger partial charge >= 0.3 is 0 Å². The Bertz CT molecular complexity index is 1510. The van der Waals surface area contributed by atoms with E-state index in [4.69, 9.17) is 14.3 Å². The van der Waals surface area contributed by atoms with Crippen LogP contribution in [0.2, 0.25) is 0 Å². The summed E-state index contributed by atoms with van der Waals surface area (Å²) in [6.07, 6.45) is 1.68. The number of aromatic nitrogens is 2. The summed E-state index contributed by atoms with van der Waals surface area (Å²) in [4.78, 5) is 28.1.